The van der Waals surface area contributed by atoms with E-state index >= 15 is 0 Å². The lowest BCUT2D eigenvalue weighted by molar-refractivity contribution is -0.0816. The van der Waals surface area contributed by atoms with Crippen molar-refractivity contribution in [2.45, 2.75) is 39.7 Å². The third kappa shape index (κ3) is 2.90. The van der Waals surface area contributed by atoms with E-state index in [1.807, 2.05) is 6.92 Å². The lowest BCUT2D eigenvalue weighted by Crippen LogP contribution is -2.39. The molecule has 0 saturated carbocycles. The standard InChI is InChI=1S/C13H21N3O2/c1-4-6-11-15-12(14-5-2)9(3)13(16-11)18-10-7-17-8-10/h10H,4-8H2,1-3H3,(H,14,15,16). The van der Waals surface area contributed by atoms with Crippen molar-refractivity contribution < 1.29 is 9.47 Å². The highest BCUT2D eigenvalue weighted by Gasteiger charge is 2.23. The molecular weight excluding hydrogens is 230 g/mol. The van der Waals surface area contributed by atoms with Crippen LogP contribution in [0.4, 0.5) is 5.82 Å². The van der Waals surface area contributed by atoms with Gasteiger partial charge in [0, 0.05) is 13.0 Å². The molecule has 1 aromatic rings. The average molecular weight is 251 g/mol. The summed E-state index contributed by atoms with van der Waals surface area (Å²) < 4.78 is 11.0. The van der Waals surface area contributed by atoms with Gasteiger partial charge < -0.3 is 14.8 Å². The smallest absolute Gasteiger partial charge is 0.222 e. The number of rotatable bonds is 6. The van der Waals surface area contributed by atoms with Gasteiger partial charge in [0.2, 0.25) is 5.88 Å². The number of aryl methyl sites for hydroxylation is 1. The number of nitrogens with one attached hydrogen (secondary N) is 1. The highest BCUT2D eigenvalue weighted by molar-refractivity contribution is 5.48. The van der Waals surface area contributed by atoms with Gasteiger partial charge in [-0.05, 0) is 20.3 Å². The molecule has 0 bridgehead atoms. The lowest BCUT2D eigenvalue weighted by atomic mass is 10.2. The van der Waals surface area contributed by atoms with Crippen molar-refractivity contribution in [3.05, 3.63) is 11.4 Å². The molecule has 1 N–H and O–H groups in total. The SMILES string of the molecule is CCCc1nc(NCC)c(C)c(OC2COC2)n1. The molecule has 2 heterocycles. The molecular formula is C13H21N3O2. The second-order valence-electron chi connectivity index (χ2n) is 4.48. The normalized spacial score (nSPS) is 15.3. The molecule has 1 saturated heterocycles. The van der Waals surface area contributed by atoms with Gasteiger partial charge in [-0.2, -0.15) is 4.98 Å². The average Bonchev–Trinajstić information content (AvgIpc) is 2.29. The Balaban J connectivity index is 2.23. The van der Waals surface area contributed by atoms with Crippen LogP contribution in [-0.2, 0) is 11.2 Å². The van der Waals surface area contributed by atoms with Crippen LogP contribution in [0.1, 0.15) is 31.7 Å². The van der Waals surface area contributed by atoms with Crippen molar-refractivity contribution in [1.82, 2.24) is 9.97 Å². The Morgan fingerprint density at radius 2 is 2.11 bits per heavy atom. The fourth-order valence-corrected chi connectivity index (χ4v) is 1.77. The maximum absolute atomic E-state index is 5.84. The van der Waals surface area contributed by atoms with Crippen LogP contribution < -0.4 is 10.1 Å². The number of aromatic nitrogens is 2. The summed E-state index contributed by atoms with van der Waals surface area (Å²) in [5, 5.41) is 3.26. The van der Waals surface area contributed by atoms with E-state index < -0.39 is 0 Å². The van der Waals surface area contributed by atoms with E-state index in [2.05, 4.69) is 29.1 Å². The molecule has 1 aliphatic rings. The first-order valence-electron chi connectivity index (χ1n) is 6.60. The van der Waals surface area contributed by atoms with Crippen LogP contribution >= 0.6 is 0 Å². The third-order valence-electron chi connectivity index (χ3n) is 2.85. The molecule has 1 aliphatic heterocycles. The minimum atomic E-state index is 0.141. The van der Waals surface area contributed by atoms with E-state index in [9.17, 15) is 0 Å². The molecule has 0 aromatic carbocycles. The Bertz CT molecular complexity index is 405. The van der Waals surface area contributed by atoms with Gasteiger partial charge in [0.05, 0.1) is 18.8 Å². The first-order chi connectivity index (χ1) is 8.74. The molecule has 0 atom stereocenters. The summed E-state index contributed by atoms with van der Waals surface area (Å²) in [6.45, 7) is 8.32. The molecule has 5 heteroatoms. The number of ether oxygens (including phenoxy) is 2. The van der Waals surface area contributed by atoms with Gasteiger partial charge in [-0.15, -0.1) is 0 Å². The van der Waals surface area contributed by atoms with Crippen LogP contribution in [0.3, 0.4) is 0 Å². The van der Waals surface area contributed by atoms with Crippen LogP contribution in [0, 0.1) is 6.92 Å². The quantitative estimate of drug-likeness (QED) is 0.837. The Labute approximate surface area is 108 Å². The maximum Gasteiger partial charge on any atom is 0.222 e. The molecule has 1 aromatic heterocycles. The van der Waals surface area contributed by atoms with Gasteiger partial charge in [-0.25, -0.2) is 4.98 Å². The van der Waals surface area contributed by atoms with Crippen molar-refractivity contribution in [1.29, 1.82) is 0 Å². The van der Waals surface area contributed by atoms with Crippen LogP contribution in [0.25, 0.3) is 0 Å². The minimum Gasteiger partial charge on any atom is -0.469 e. The summed E-state index contributed by atoms with van der Waals surface area (Å²) in [6, 6.07) is 0. The van der Waals surface area contributed by atoms with Crippen molar-refractivity contribution in [2.24, 2.45) is 0 Å². The van der Waals surface area contributed by atoms with E-state index in [-0.39, 0.29) is 6.10 Å². The molecule has 2 rings (SSSR count). The second kappa shape index (κ2) is 6.00. The van der Waals surface area contributed by atoms with Gasteiger partial charge in [-0.1, -0.05) is 6.92 Å². The Hall–Kier alpha value is -1.36. The van der Waals surface area contributed by atoms with Crippen LogP contribution in [0.2, 0.25) is 0 Å². The first-order valence-corrected chi connectivity index (χ1v) is 6.60. The van der Waals surface area contributed by atoms with Crippen LogP contribution in [0.15, 0.2) is 0 Å². The zero-order valence-corrected chi connectivity index (χ0v) is 11.3. The first kappa shape index (κ1) is 13.1. The molecule has 1 fully saturated rings. The highest BCUT2D eigenvalue weighted by Crippen LogP contribution is 2.24. The molecule has 0 amide bonds. The second-order valence-corrected chi connectivity index (χ2v) is 4.48. The van der Waals surface area contributed by atoms with Crippen LogP contribution in [-0.4, -0.2) is 35.8 Å². The fourth-order valence-electron chi connectivity index (χ4n) is 1.77. The van der Waals surface area contributed by atoms with E-state index in [1.165, 1.54) is 0 Å². The van der Waals surface area contributed by atoms with Gasteiger partial charge in [0.1, 0.15) is 17.7 Å². The lowest BCUT2D eigenvalue weighted by Gasteiger charge is -2.27. The van der Waals surface area contributed by atoms with E-state index in [1.54, 1.807) is 0 Å². The zero-order chi connectivity index (χ0) is 13.0. The molecule has 100 valence electrons. The summed E-state index contributed by atoms with van der Waals surface area (Å²) in [4.78, 5) is 9.03. The summed E-state index contributed by atoms with van der Waals surface area (Å²) in [5.74, 6) is 2.41. The number of hydrogen-bond acceptors (Lipinski definition) is 5. The predicted octanol–water partition coefficient (Wildman–Crippen LogP) is 1.95. The topological polar surface area (TPSA) is 56.3 Å². The zero-order valence-electron chi connectivity index (χ0n) is 11.3. The van der Waals surface area contributed by atoms with Gasteiger partial charge in [0.25, 0.3) is 0 Å². The van der Waals surface area contributed by atoms with E-state index in [0.29, 0.717) is 19.1 Å². The Kier molecular flexibility index (Phi) is 4.36. The van der Waals surface area contributed by atoms with Crippen molar-refractivity contribution >= 4 is 5.82 Å². The van der Waals surface area contributed by atoms with Gasteiger partial charge >= 0.3 is 0 Å². The number of nitrogens with zero attached hydrogens (tertiary/aromatic N) is 2. The molecule has 0 spiro atoms. The van der Waals surface area contributed by atoms with Gasteiger partial charge in [0.15, 0.2) is 0 Å². The molecule has 5 nitrogen and oxygen atoms in total. The highest BCUT2D eigenvalue weighted by atomic mass is 16.6. The number of hydrogen-bond donors (Lipinski definition) is 1. The Morgan fingerprint density at radius 1 is 1.33 bits per heavy atom. The minimum absolute atomic E-state index is 0.141. The van der Waals surface area contributed by atoms with E-state index in [4.69, 9.17) is 9.47 Å². The number of anilines is 1. The summed E-state index contributed by atoms with van der Waals surface area (Å²) in [7, 11) is 0. The van der Waals surface area contributed by atoms with Crippen LogP contribution in [0.5, 0.6) is 5.88 Å². The van der Waals surface area contributed by atoms with Crippen molar-refractivity contribution in [2.75, 3.05) is 25.1 Å². The maximum atomic E-state index is 5.84. The van der Waals surface area contributed by atoms with Crippen molar-refractivity contribution in [3.63, 3.8) is 0 Å². The van der Waals surface area contributed by atoms with Crippen molar-refractivity contribution in [3.8, 4) is 5.88 Å². The predicted molar refractivity (Wildman–Crippen MR) is 70.2 cm³/mol. The van der Waals surface area contributed by atoms with Gasteiger partial charge in [-0.3, -0.25) is 0 Å². The third-order valence-corrected chi connectivity index (χ3v) is 2.85. The summed E-state index contributed by atoms with van der Waals surface area (Å²) >= 11 is 0. The molecule has 18 heavy (non-hydrogen) atoms. The summed E-state index contributed by atoms with van der Waals surface area (Å²) in [6.07, 6.45) is 2.04. The van der Waals surface area contributed by atoms with E-state index in [0.717, 1.165) is 36.6 Å². The summed E-state index contributed by atoms with van der Waals surface area (Å²) in [5.41, 5.74) is 0.976. The fraction of sp³-hybridized carbons (Fsp3) is 0.692. The Morgan fingerprint density at radius 3 is 2.67 bits per heavy atom. The largest absolute Gasteiger partial charge is 0.469 e. The molecule has 0 radical (unpaired) electrons. The monoisotopic (exact) mass is 251 g/mol. The molecule has 0 aliphatic carbocycles. The molecule has 0 unspecified atom stereocenters.